The molecule has 0 spiro atoms. The number of carbonyl (C=O) groups is 1. The monoisotopic (exact) mass is 449 g/mol. The summed E-state index contributed by atoms with van der Waals surface area (Å²) in [4.78, 5) is 35.6. The van der Waals surface area contributed by atoms with Gasteiger partial charge in [-0.3, -0.25) is 9.59 Å². The molecule has 2 atom stereocenters. The number of hydrogen-bond acceptors (Lipinski definition) is 5. The number of nitrogens with one attached hydrogen (secondary N) is 1. The number of morpholine rings is 1. The fourth-order valence-electron chi connectivity index (χ4n) is 5.44. The van der Waals surface area contributed by atoms with E-state index in [-0.39, 0.29) is 42.2 Å². The molecule has 0 radical (unpaired) electrons. The molecule has 1 saturated heterocycles. The molecule has 3 fully saturated rings. The number of fused-ring (bicyclic) bond motifs is 1. The summed E-state index contributed by atoms with van der Waals surface area (Å²) in [7, 11) is 0. The van der Waals surface area contributed by atoms with Crippen LogP contribution in [-0.2, 0) is 9.53 Å². The predicted octanol–water partition coefficient (Wildman–Crippen LogP) is 3.00. The van der Waals surface area contributed by atoms with Crippen LogP contribution < -0.4 is 5.56 Å². The maximum atomic E-state index is 13.6. The standard InChI is InChI=1S/C22H29F2N5O3/c23-22(24)7-5-14(6-8-22)29-19-17(13-25-29)20(30)27-18(26-19)15-3-1-2-4-16(15)21(31)28-9-11-32-12-10-28/h13-16H,1-12H2,(H,26,27,30). The highest BCUT2D eigenvalue weighted by molar-refractivity contribution is 5.80. The van der Waals surface area contributed by atoms with E-state index in [4.69, 9.17) is 9.72 Å². The summed E-state index contributed by atoms with van der Waals surface area (Å²) in [6, 6.07) is -0.202. The van der Waals surface area contributed by atoms with Crippen LogP contribution in [-0.4, -0.2) is 62.8 Å². The molecule has 2 aromatic rings. The van der Waals surface area contributed by atoms with Gasteiger partial charge in [-0.15, -0.1) is 0 Å². The fraction of sp³-hybridized carbons (Fsp3) is 0.727. The van der Waals surface area contributed by atoms with Crippen molar-refractivity contribution in [1.29, 1.82) is 0 Å². The van der Waals surface area contributed by atoms with Gasteiger partial charge in [0.25, 0.3) is 5.56 Å². The van der Waals surface area contributed by atoms with Crippen molar-refractivity contribution in [3.05, 3.63) is 22.4 Å². The third-order valence-electron chi connectivity index (χ3n) is 7.27. The summed E-state index contributed by atoms with van der Waals surface area (Å²) in [5, 5.41) is 4.70. The molecule has 32 heavy (non-hydrogen) atoms. The first-order valence-electron chi connectivity index (χ1n) is 11.6. The number of H-pyrrole nitrogens is 1. The smallest absolute Gasteiger partial charge is 0.262 e. The van der Waals surface area contributed by atoms with Gasteiger partial charge in [-0.05, 0) is 25.7 Å². The summed E-state index contributed by atoms with van der Waals surface area (Å²) >= 11 is 0. The van der Waals surface area contributed by atoms with Crippen LogP contribution in [0.25, 0.3) is 11.0 Å². The Morgan fingerprint density at radius 3 is 2.59 bits per heavy atom. The number of rotatable bonds is 3. The number of alkyl halides is 2. The molecule has 2 aromatic heterocycles. The van der Waals surface area contributed by atoms with Crippen molar-refractivity contribution >= 4 is 16.9 Å². The van der Waals surface area contributed by atoms with Crippen molar-refractivity contribution in [3.8, 4) is 0 Å². The molecule has 2 saturated carbocycles. The SMILES string of the molecule is O=C(C1CCCCC1c1nc2c(cnn2C2CCC(F)(F)CC2)c(=O)[nH]1)N1CCOCC1. The molecule has 0 aromatic carbocycles. The van der Waals surface area contributed by atoms with Crippen LogP contribution in [0.15, 0.2) is 11.0 Å². The van der Waals surface area contributed by atoms with E-state index in [9.17, 15) is 18.4 Å². The molecule has 174 valence electrons. The molecule has 2 unspecified atom stereocenters. The van der Waals surface area contributed by atoms with Gasteiger partial charge in [0.15, 0.2) is 5.65 Å². The predicted molar refractivity (Wildman–Crippen MR) is 113 cm³/mol. The summed E-state index contributed by atoms with van der Waals surface area (Å²) in [6.07, 6.45) is 5.17. The second-order valence-electron chi connectivity index (χ2n) is 9.30. The van der Waals surface area contributed by atoms with E-state index in [0.717, 1.165) is 25.7 Å². The second kappa shape index (κ2) is 8.53. The molecule has 10 heteroatoms. The molecule has 3 aliphatic rings. The van der Waals surface area contributed by atoms with Crippen molar-refractivity contribution in [1.82, 2.24) is 24.6 Å². The highest BCUT2D eigenvalue weighted by Crippen LogP contribution is 2.40. The van der Waals surface area contributed by atoms with Crippen LogP contribution in [0.5, 0.6) is 0 Å². The van der Waals surface area contributed by atoms with Crippen molar-refractivity contribution in [3.63, 3.8) is 0 Å². The van der Waals surface area contributed by atoms with Gasteiger partial charge >= 0.3 is 0 Å². The zero-order valence-corrected chi connectivity index (χ0v) is 18.1. The normalized spacial score (nSPS) is 27.0. The second-order valence-corrected chi connectivity index (χ2v) is 9.30. The Kier molecular flexibility index (Phi) is 5.73. The van der Waals surface area contributed by atoms with Gasteiger partial charge in [0.2, 0.25) is 11.8 Å². The maximum Gasteiger partial charge on any atom is 0.262 e. The van der Waals surface area contributed by atoms with Crippen LogP contribution in [0.4, 0.5) is 8.78 Å². The minimum absolute atomic E-state index is 0.101. The summed E-state index contributed by atoms with van der Waals surface area (Å²) in [5.41, 5.74) is 0.141. The van der Waals surface area contributed by atoms with Crippen LogP contribution >= 0.6 is 0 Å². The van der Waals surface area contributed by atoms with E-state index in [0.29, 0.717) is 56.0 Å². The Hall–Kier alpha value is -2.36. The average Bonchev–Trinajstić information content (AvgIpc) is 3.24. The first-order chi connectivity index (χ1) is 15.4. The van der Waals surface area contributed by atoms with E-state index >= 15 is 0 Å². The Morgan fingerprint density at radius 1 is 1.12 bits per heavy atom. The average molecular weight is 450 g/mol. The van der Waals surface area contributed by atoms with Crippen LogP contribution in [0, 0.1) is 5.92 Å². The minimum atomic E-state index is -2.63. The molecule has 1 aliphatic heterocycles. The summed E-state index contributed by atoms with van der Waals surface area (Å²) in [5.74, 6) is -2.42. The Balaban J connectivity index is 1.46. The zero-order valence-electron chi connectivity index (χ0n) is 18.1. The third-order valence-corrected chi connectivity index (χ3v) is 7.27. The van der Waals surface area contributed by atoms with Crippen molar-refractivity contribution in [2.75, 3.05) is 26.3 Å². The van der Waals surface area contributed by atoms with E-state index in [1.54, 1.807) is 4.68 Å². The third kappa shape index (κ3) is 4.04. The van der Waals surface area contributed by atoms with Gasteiger partial charge in [-0.1, -0.05) is 12.8 Å². The Bertz CT molecular complexity index is 1040. The molecular formula is C22H29F2N5O3. The minimum Gasteiger partial charge on any atom is -0.378 e. The highest BCUT2D eigenvalue weighted by Gasteiger charge is 2.38. The molecule has 5 rings (SSSR count). The molecule has 1 N–H and O–H groups in total. The molecule has 2 aliphatic carbocycles. The molecule has 3 heterocycles. The number of carbonyl (C=O) groups excluding carboxylic acids is 1. The first-order valence-corrected chi connectivity index (χ1v) is 11.6. The van der Waals surface area contributed by atoms with Crippen LogP contribution in [0.3, 0.4) is 0 Å². The molecule has 8 nitrogen and oxygen atoms in total. The van der Waals surface area contributed by atoms with Gasteiger partial charge in [0, 0.05) is 37.8 Å². The lowest BCUT2D eigenvalue weighted by molar-refractivity contribution is -0.141. The zero-order chi connectivity index (χ0) is 22.3. The molecule has 1 amide bonds. The molecular weight excluding hydrogens is 420 g/mol. The van der Waals surface area contributed by atoms with Crippen LogP contribution in [0.1, 0.15) is 69.2 Å². The van der Waals surface area contributed by atoms with Crippen molar-refractivity contribution < 1.29 is 18.3 Å². The lowest BCUT2D eigenvalue weighted by Crippen LogP contribution is -2.46. The van der Waals surface area contributed by atoms with E-state index in [2.05, 4.69) is 10.1 Å². The number of aromatic nitrogens is 4. The highest BCUT2D eigenvalue weighted by atomic mass is 19.3. The van der Waals surface area contributed by atoms with E-state index in [1.807, 2.05) is 4.90 Å². The number of amides is 1. The summed E-state index contributed by atoms with van der Waals surface area (Å²) in [6.45, 7) is 2.27. The fourth-order valence-corrected chi connectivity index (χ4v) is 5.44. The lowest BCUT2D eigenvalue weighted by Gasteiger charge is -2.35. The van der Waals surface area contributed by atoms with Gasteiger partial charge in [0.05, 0.1) is 25.5 Å². The Morgan fingerprint density at radius 2 is 1.84 bits per heavy atom. The van der Waals surface area contributed by atoms with E-state index in [1.165, 1.54) is 6.20 Å². The van der Waals surface area contributed by atoms with Crippen LogP contribution in [0.2, 0.25) is 0 Å². The van der Waals surface area contributed by atoms with Crippen molar-refractivity contribution in [2.24, 2.45) is 5.92 Å². The van der Waals surface area contributed by atoms with Crippen molar-refractivity contribution in [2.45, 2.75) is 69.2 Å². The first kappa shape index (κ1) is 21.5. The topological polar surface area (TPSA) is 93.1 Å². The Labute approximate surface area is 184 Å². The maximum absolute atomic E-state index is 13.6. The number of nitrogens with zero attached hydrogens (tertiary/aromatic N) is 4. The number of hydrogen-bond donors (Lipinski definition) is 1. The number of ether oxygens (including phenoxy) is 1. The summed E-state index contributed by atoms with van der Waals surface area (Å²) < 4.78 is 34.3. The number of halogens is 2. The van der Waals surface area contributed by atoms with Gasteiger partial charge in [-0.2, -0.15) is 5.10 Å². The quantitative estimate of drug-likeness (QED) is 0.778. The lowest BCUT2D eigenvalue weighted by atomic mass is 9.77. The van der Waals surface area contributed by atoms with Gasteiger partial charge in [-0.25, -0.2) is 18.4 Å². The largest absolute Gasteiger partial charge is 0.378 e. The van der Waals surface area contributed by atoms with Gasteiger partial charge < -0.3 is 14.6 Å². The van der Waals surface area contributed by atoms with E-state index < -0.39 is 5.92 Å². The number of aromatic amines is 1. The van der Waals surface area contributed by atoms with Gasteiger partial charge in [0.1, 0.15) is 11.2 Å². The molecule has 0 bridgehead atoms.